The number of benzene rings is 1. The molecule has 1 aromatic rings. The molecule has 1 unspecified atom stereocenters. The number of carboxylic acid groups (broad SMARTS) is 1. The molecule has 1 aliphatic rings. The van der Waals surface area contributed by atoms with Gasteiger partial charge >= 0.3 is 5.97 Å². The van der Waals surface area contributed by atoms with Crippen molar-refractivity contribution in [2.75, 3.05) is 54.1 Å². The lowest BCUT2D eigenvalue weighted by Gasteiger charge is -2.39. The van der Waals surface area contributed by atoms with E-state index in [2.05, 4.69) is 16.7 Å². The van der Waals surface area contributed by atoms with Gasteiger partial charge < -0.3 is 24.1 Å². The predicted molar refractivity (Wildman–Crippen MR) is 124 cm³/mol. The highest BCUT2D eigenvalue weighted by Crippen LogP contribution is 2.40. The van der Waals surface area contributed by atoms with E-state index in [1.54, 1.807) is 35.2 Å². The van der Waals surface area contributed by atoms with Gasteiger partial charge in [0.15, 0.2) is 17.3 Å². The molecule has 9 nitrogen and oxygen atoms in total. The summed E-state index contributed by atoms with van der Waals surface area (Å²) < 4.78 is 22.4. The molecule has 1 saturated heterocycles. The largest absolute Gasteiger partial charge is 0.493 e. The van der Waals surface area contributed by atoms with Crippen LogP contribution in [0, 0.1) is 0 Å². The Labute approximate surface area is 196 Å². The molecule has 1 atom stereocenters. The summed E-state index contributed by atoms with van der Waals surface area (Å²) in [6.45, 7) is 10.2. The third kappa shape index (κ3) is 7.31. The molecule has 0 aromatic heterocycles. The molecular formula is C24H38N2O7. The lowest BCUT2D eigenvalue weighted by molar-refractivity contribution is -0.146. The molecule has 1 aromatic carbocycles. The Hall–Kier alpha value is -2.36. The van der Waals surface area contributed by atoms with Gasteiger partial charge in [0, 0.05) is 50.7 Å². The third-order valence-corrected chi connectivity index (χ3v) is 6.13. The van der Waals surface area contributed by atoms with Gasteiger partial charge in [-0.2, -0.15) is 0 Å². The van der Waals surface area contributed by atoms with Gasteiger partial charge in [0.25, 0.3) is 0 Å². The van der Waals surface area contributed by atoms with Gasteiger partial charge in [-0.3, -0.25) is 19.4 Å². The second-order valence-corrected chi connectivity index (χ2v) is 8.79. The van der Waals surface area contributed by atoms with Crippen LogP contribution in [0.4, 0.5) is 0 Å². The number of methoxy groups -OCH3 is 3. The van der Waals surface area contributed by atoms with Gasteiger partial charge in [0.05, 0.1) is 34.4 Å². The van der Waals surface area contributed by atoms with Crippen LogP contribution in [0.1, 0.15) is 39.2 Å². The molecule has 0 spiro atoms. The van der Waals surface area contributed by atoms with Gasteiger partial charge in [-0.25, -0.2) is 0 Å². The van der Waals surface area contributed by atoms with Crippen molar-refractivity contribution in [3.8, 4) is 17.2 Å². The summed E-state index contributed by atoms with van der Waals surface area (Å²) in [6.07, 6.45) is -0.191. The quantitative estimate of drug-likeness (QED) is 0.470. The van der Waals surface area contributed by atoms with Crippen LogP contribution in [0.15, 0.2) is 12.1 Å². The van der Waals surface area contributed by atoms with E-state index in [1.807, 2.05) is 12.1 Å². The lowest BCUT2D eigenvalue weighted by atomic mass is 9.99. The highest BCUT2D eigenvalue weighted by molar-refractivity contribution is 5.88. The number of rotatable bonds is 13. The number of ketones is 1. The zero-order valence-electron chi connectivity index (χ0n) is 20.7. The first-order chi connectivity index (χ1) is 15.6. The average molecular weight is 467 g/mol. The van der Waals surface area contributed by atoms with Crippen molar-refractivity contribution >= 4 is 11.8 Å². The molecule has 2 rings (SSSR count). The number of aliphatic carboxylic acids is 1. The van der Waals surface area contributed by atoms with Crippen molar-refractivity contribution in [3.05, 3.63) is 17.7 Å². The summed E-state index contributed by atoms with van der Waals surface area (Å²) in [4.78, 5) is 27.7. The maximum Gasteiger partial charge on any atom is 0.303 e. The van der Waals surface area contributed by atoms with E-state index in [4.69, 9.17) is 24.1 Å². The Bertz CT molecular complexity index is 804. The number of piperazine rings is 1. The van der Waals surface area contributed by atoms with Crippen molar-refractivity contribution in [2.45, 2.75) is 51.8 Å². The summed E-state index contributed by atoms with van der Waals surface area (Å²) in [5, 5.41) is 8.79. The summed E-state index contributed by atoms with van der Waals surface area (Å²) in [5.41, 5.74) is 0.0526. The second-order valence-electron chi connectivity index (χ2n) is 8.79. The Morgan fingerprint density at radius 1 is 1.00 bits per heavy atom. The predicted octanol–water partition coefficient (Wildman–Crippen LogP) is 2.45. The van der Waals surface area contributed by atoms with Crippen LogP contribution in [0.3, 0.4) is 0 Å². The highest BCUT2D eigenvalue weighted by atomic mass is 16.5. The van der Waals surface area contributed by atoms with Crippen LogP contribution in [0.5, 0.6) is 17.2 Å². The van der Waals surface area contributed by atoms with E-state index in [0.29, 0.717) is 23.9 Å². The van der Waals surface area contributed by atoms with Gasteiger partial charge in [0.1, 0.15) is 5.60 Å². The number of Topliss-reactive ketones (excluding diaryl/α,β-unsaturated/α-hetero) is 1. The first-order valence-corrected chi connectivity index (χ1v) is 11.3. The highest BCUT2D eigenvalue weighted by Gasteiger charge is 2.30. The Morgan fingerprint density at radius 2 is 1.64 bits per heavy atom. The fourth-order valence-corrected chi connectivity index (χ4v) is 3.93. The van der Waals surface area contributed by atoms with Gasteiger partial charge in [-0.15, -0.1) is 0 Å². The van der Waals surface area contributed by atoms with Crippen LogP contribution in [0.2, 0.25) is 0 Å². The van der Waals surface area contributed by atoms with Crippen LogP contribution < -0.4 is 14.2 Å². The van der Waals surface area contributed by atoms with Crippen molar-refractivity contribution < 1.29 is 33.6 Å². The molecule has 33 heavy (non-hydrogen) atoms. The number of nitrogens with zero attached hydrogens (tertiary/aromatic N) is 2. The third-order valence-electron chi connectivity index (χ3n) is 6.13. The molecule has 0 aliphatic carbocycles. The zero-order valence-corrected chi connectivity index (χ0v) is 20.7. The van der Waals surface area contributed by atoms with Crippen molar-refractivity contribution in [1.29, 1.82) is 0 Å². The molecule has 1 fully saturated rings. The SMILES string of the molecule is COc1ccc(CN2CCN(C(C)COC(C)(C)C(=O)CCC(=O)O)CC2)c(OC)c1OC. The minimum atomic E-state index is -0.991. The average Bonchev–Trinajstić information content (AvgIpc) is 2.80. The topological polar surface area (TPSA) is 97.8 Å². The monoisotopic (exact) mass is 466 g/mol. The standard InChI is InChI=1S/C24H38N2O7/c1-17(16-33-24(2,3)20(27)9-10-21(28)29)26-13-11-25(12-14-26)15-18-7-8-19(30-4)23(32-6)22(18)31-5/h7-8,17H,9-16H2,1-6H3,(H,28,29). The van der Waals surface area contributed by atoms with E-state index in [0.717, 1.165) is 38.3 Å². The van der Waals surface area contributed by atoms with Crippen molar-refractivity contribution in [1.82, 2.24) is 9.80 Å². The van der Waals surface area contributed by atoms with Crippen molar-refractivity contribution in [2.24, 2.45) is 0 Å². The molecule has 186 valence electrons. The molecule has 9 heteroatoms. The minimum absolute atomic E-state index is 0.0189. The van der Waals surface area contributed by atoms with E-state index in [1.165, 1.54) is 0 Å². The Kier molecular flexibility index (Phi) is 9.94. The second kappa shape index (κ2) is 12.2. The molecule has 1 aliphatic heterocycles. The minimum Gasteiger partial charge on any atom is -0.493 e. The number of ether oxygens (including phenoxy) is 4. The number of carbonyl (C=O) groups excluding carboxylic acids is 1. The number of hydrogen-bond acceptors (Lipinski definition) is 8. The number of hydrogen-bond donors (Lipinski definition) is 1. The lowest BCUT2D eigenvalue weighted by Crippen LogP contribution is -2.51. The summed E-state index contributed by atoms with van der Waals surface area (Å²) >= 11 is 0. The molecule has 0 radical (unpaired) electrons. The van der Waals surface area contributed by atoms with Gasteiger partial charge in [-0.1, -0.05) is 6.07 Å². The summed E-state index contributed by atoms with van der Waals surface area (Å²) in [7, 11) is 4.84. The van der Waals surface area contributed by atoms with Gasteiger partial charge in [0.2, 0.25) is 5.75 Å². The molecule has 0 amide bonds. The summed E-state index contributed by atoms with van der Waals surface area (Å²) in [6, 6.07) is 4.05. The van der Waals surface area contributed by atoms with Crippen LogP contribution >= 0.6 is 0 Å². The maximum atomic E-state index is 12.3. The van der Waals surface area contributed by atoms with E-state index >= 15 is 0 Å². The molecule has 1 heterocycles. The van der Waals surface area contributed by atoms with Crippen LogP contribution in [-0.2, 0) is 20.9 Å². The number of carboxylic acids is 1. The normalized spacial score (nSPS) is 16.3. The molecular weight excluding hydrogens is 428 g/mol. The Morgan fingerprint density at radius 3 is 2.18 bits per heavy atom. The molecule has 0 bridgehead atoms. The van der Waals surface area contributed by atoms with Gasteiger partial charge in [-0.05, 0) is 26.8 Å². The first kappa shape index (κ1) is 26.9. The number of carbonyl (C=O) groups is 2. The molecule has 1 N–H and O–H groups in total. The molecule has 0 saturated carbocycles. The zero-order chi connectivity index (χ0) is 24.6. The summed E-state index contributed by atoms with van der Waals surface area (Å²) in [5.74, 6) is 0.765. The van der Waals surface area contributed by atoms with Crippen molar-refractivity contribution in [3.63, 3.8) is 0 Å². The van der Waals surface area contributed by atoms with E-state index in [-0.39, 0.29) is 24.7 Å². The Balaban J connectivity index is 1.87. The fourth-order valence-electron chi connectivity index (χ4n) is 3.93. The van der Waals surface area contributed by atoms with Crippen LogP contribution in [-0.4, -0.2) is 92.4 Å². The van der Waals surface area contributed by atoms with Crippen LogP contribution in [0.25, 0.3) is 0 Å². The maximum absolute atomic E-state index is 12.3. The van der Waals surface area contributed by atoms with E-state index < -0.39 is 11.6 Å². The fraction of sp³-hybridized carbons (Fsp3) is 0.667. The van der Waals surface area contributed by atoms with E-state index in [9.17, 15) is 9.59 Å². The smallest absolute Gasteiger partial charge is 0.303 e. The first-order valence-electron chi connectivity index (χ1n) is 11.3.